The second-order valence-corrected chi connectivity index (χ2v) is 7.51. The van der Waals surface area contributed by atoms with Gasteiger partial charge in [-0.3, -0.25) is 9.59 Å². The summed E-state index contributed by atoms with van der Waals surface area (Å²) in [5, 5.41) is 5.14. The van der Waals surface area contributed by atoms with E-state index in [1.807, 2.05) is 35.2 Å². The molecule has 164 valence electrons. The molecule has 1 aliphatic heterocycles. The molecule has 6 nitrogen and oxygen atoms in total. The summed E-state index contributed by atoms with van der Waals surface area (Å²) < 4.78 is 5.95. The zero-order valence-electron chi connectivity index (χ0n) is 17.3. The minimum atomic E-state index is -0.0473. The standard InChI is InChI=1S/C23H31N3O3.ClH/c24-14-13-22(27)25-17-19-9-3-4-15-26(19)23(28)12-6-16-29-21-11-5-8-18-7-1-2-10-20(18)21;/h1-2,5,7-8,10-11,19H,3-4,6,9,12-17,24H2,(H,25,27);1H. The molecule has 2 aromatic carbocycles. The van der Waals surface area contributed by atoms with Gasteiger partial charge in [-0.05, 0) is 37.1 Å². The lowest BCUT2D eigenvalue weighted by Gasteiger charge is -2.36. The fourth-order valence-corrected chi connectivity index (χ4v) is 3.86. The quantitative estimate of drug-likeness (QED) is 0.594. The Balaban J connectivity index is 0.00000320. The van der Waals surface area contributed by atoms with Crippen LogP contribution in [0.3, 0.4) is 0 Å². The molecule has 3 rings (SSSR count). The van der Waals surface area contributed by atoms with Crippen LogP contribution in [0.2, 0.25) is 0 Å². The topological polar surface area (TPSA) is 84.7 Å². The van der Waals surface area contributed by atoms with E-state index in [2.05, 4.69) is 17.4 Å². The van der Waals surface area contributed by atoms with E-state index < -0.39 is 0 Å². The minimum absolute atomic E-state index is 0. The number of fused-ring (bicyclic) bond motifs is 1. The van der Waals surface area contributed by atoms with Crippen molar-refractivity contribution in [3.63, 3.8) is 0 Å². The van der Waals surface area contributed by atoms with Crippen molar-refractivity contribution in [1.82, 2.24) is 10.2 Å². The second-order valence-electron chi connectivity index (χ2n) is 7.51. The first kappa shape index (κ1) is 24.0. The van der Waals surface area contributed by atoms with Gasteiger partial charge in [0.15, 0.2) is 0 Å². The number of nitrogens with one attached hydrogen (secondary N) is 1. The highest BCUT2D eigenvalue weighted by molar-refractivity contribution is 5.88. The average Bonchev–Trinajstić information content (AvgIpc) is 2.75. The van der Waals surface area contributed by atoms with E-state index in [1.165, 1.54) is 0 Å². The van der Waals surface area contributed by atoms with Gasteiger partial charge in [-0.2, -0.15) is 0 Å². The highest BCUT2D eigenvalue weighted by Crippen LogP contribution is 2.25. The summed E-state index contributed by atoms with van der Waals surface area (Å²) in [4.78, 5) is 26.4. The molecule has 1 unspecified atom stereocenters. The van der Waals surface area contributed by atoms with Crippen molar-refractivity contribution in [3.05, 3.63) is 42.5 Å². The van der Waals surface area contributed by atoms with Crippen LogP contribution in [0, 0.1) is 0 Å². The van der Waals surface area contributed by atoms with Crippen LogP contribution >= 0.6 is 12.4 Å². The highest BCUT2D eigenvalue weighted by Gasteiger charge is 2.26. The number of halogens is 1. The maximum Gasteiger partial charge on any atom is 0.223 e. The summed E-state index contributed by atoms with van der Waals surface area (Å²) in [5.41, 5.74) is 5.42. The number of benzene rings is 2. The summed E-state index contributed by atoms with van der Waals surface area (Å²) in [6.45, 7) is 2.12. The number of carbonyl (C=O) groups excluding carboxylic acids is 2. The molecule has 0 aliphatic carbocycles. The number of rotatable bonds is 9. The molecule has 1 atom stereocenters. The largest absolute Gasteiger partial charge is 0.493 e. The number of amides is 2. The first-order valence-corrected chi connectivity index (χ1v) is 10.6. The molecule has 0 spiro atoms. The zero-order valence-corrected chi connectivity index (χ0v) is 18.2. The number of nitrogens with zero attached hydrogens (tertiary/aromatic N) is 1. The summed E-state index contributed by atoms with van der Waals surface area (Å²) in [6, 6.07) is 14.2. The lowest BCUT2D eigenvalue weighted by atomic mass is 10.0. The van der Waals surface area contributed by atoms with Crippen molar-refractivity contribution < 1.29 is 14.3 Å². The molecule has 1 fully saturated rings. The first-order chi connectivity index (χ1) is 14.2. The summed E-state index contributed by atoms with van der Waals surface area (Å²) in [7, 11) is 0. The molecule has 0 bridgehead atoms. The van der Waals surface area contributed by atoms with Gasteiger partial charge in [-0.25, -0.2) is 0 Å². The van der Waals surface area contributed by atoms with E-state index in [0.29, 0.717) is 39.0 Å². The zero-order chi connectivity index (χ0) is 20.5. The molecule has 7 heteroatoms. The van der Waals surface area contributed by atoms with Gasteiger partial charge in [-0.15, -0.1) is 12.4 Å². The predicted octanol–water partition coefficient (Wildman–Crippen LogP) is 3.27. The Morgan fingerprint density at radius 1 is 1.10 bits per heavy atom. The molecule has 1 aliphatic rings. The van der Waals surface area contributed by atoms with Crippen molar-refractivity contribution in [2.24, 2.45) is 5.73 Å². The molecule has 3 N–H and O–H groups in total. The Kier molecular flexibility index (Phi) is 9.91. The molecule has 1 heterocycles. The van der Waals surface area contributed by atoms with Crippen LogP contribution < -0.4 is 15.8 Å². The van der Waals surface area contributed by atoms with E-state index in [4.69, 9.17) is 10.5 Å². The van der Waals surface area contributed by atoms with Gasteiger partial charge in [0.2, 0.25) is 11.8 Å². The van der Waals surface area contributed by atoms with Gasteiger partial charge in [0.1, 0.15) is 5.75 Å². The van der Waals surface area contributed by atoms with Crippen LogP contribution in [0.4, 0.5) is 0 Å². The van der Waals surface area contributed by atoms with Crippen LogP contribution in [-0.2, 0) is 9.59 Å². The van der Waals surface area contributed by atoms with Crippen LogP contribution in [-0.4, -0.2) is 49.0 Å². The van der Waals surface area contributed by atoms with E-state index >= 15 is 0 Å². The van der Waals surface area contributed by atoms with Gasteiger partial charge in [0, 0.05) is 43.9 Å². The summed E-state index contributed by atoms with van der Waals surface area (Å²) >= 11 is 0. The van der Waals surface area contributed by atoms with E-state index in [1.54, 1.807) is 0 Å². The SMILES string of the molecule is Cl.NCCC(=O)NCC1CCCCN1C(=O)CCCOc1cccc2ccccc12. The van der Waals surface area contributed by atoms with Crippen molar-refractivity contribution in [3.8, 4) is 5.75 Å². The Bertz CT molecular complexity index is 825. The fourth-order valence-electron chi connectivity index (χ4n) is 3.86. The maximum absolute atomic E-state index is 12.7. The number of ether oxygens (including phenoxy) is 1. The molecule has 30 heavy (non-hydrogen) atoms. The van der Waals surface area contributed by atoms with Crippen molar-refractivity contribution >= 4 is 35.0 Å². The predicted molar refractivity (Wildman–Crippen MR) is 122 cm³/mol. The molecule has 0 saturated carbocycles. The Morgan fingerprint density at radius 3 is 2.73 bits per heavy atom. The third-order valence-corrected chi connectivity index (χ3v) is 5.40. The molecule has 2 amide bonds. The fraction of sp³-hybridized carbons (Fsp3) is 0.478. The smallest absolute Gasteiger partial charge is 0.223 e. The Hall–Kier alpha value is -2.31. The molecule has 0 aromatic heterocycles. The molecule has 0 radical (unpaired) electrons. The van der Waals surface area contributed by atoms with E-state index in [-0.39, 0.29) is 30.3 Å². The number of carbonyl (C=O) groups is 2. The molecular formula is C23H32ClN3O3. The van der Waals surface area contributed by atoms with Gasteiger partial charge in [0.25, 0.3) is 0 Å². The number of hydrogen-bond acceptors (Lipinski definition) is 4. The van der Waals surface area contributed by atoms with Gasteiger partial charge < -0.3 is 20.7 Å². The number of likely N-dealkylation sites (tertiary alicyclic amines) is 1. The molecule has 2 aromatic rings. The highest BCUT2D eigenvalue weighted by atomic mass is 35.5. The third kappa shape index (κ3) is 6.61. The van der Waals surface area contributed by atoms with Crippen molar-refractivity contribution in [1.29, 1.82) is 0 Å². The minimum Gasteiger partial charge on any atom is -0.493 e. The van der Waals surface area contributed by atoms with Gasteiger partial charge >= 0.3 is 0 Å². The van der Waals surface area contributed by atoms with Crippen LogP contribution in [0.5, 0.6) is 5.75 Å². The van der Waals surface area contributed by atoms with E-state index in [9.17, 15) is 9.59 Å². The van der Waals surface area contributed by atoms with E-state index in [0.717, 1.165) is 42.3 Å². The Morgan fingerprint density at radius 2 is 1.90 bits per heavy atom. The van der Waals surface area contributed by atoms with Crippen LogP contribution in [0.15, 0.2) is 42.5 Å². The molecule has 1 saturated heterocycles. The van der Waals surface area contributed by atoms with Crippen LogP contribution in [0.25, 0.3) is 10.8 Å². The van der Waals surface area contributed by atoms with Crippen molar-refractivity contribution in [2.75, 3.05) is 26.2 Å². The van der Waals surface area contributed by atoms with Crippen LogP contribution in [0.1, 0.15) is 38.5 Å². The lowest BCUT2D eigenvalue weighted by molar-refractivity contribution is -0.135. The lowest BCUT2D eigenvalue weighted by Crippen LogP contribution is -2.49. The normalized spacial score (nSPS) is 16.0. The van der Waals surface area contributed by atoms with Gasteiger partial charge in [0.05, 0.1) is 6.61 Å². The van der Waals surface area contributed by atoms with Crippen molar-refractivity contribution in [2.45, 2.75) is 44.6 Å². The summed E-state index contributed by atoms with van der Waals surface area (Å²) in [6.07, 6.45) is 4.49. The average molecular weight is 434 g/mol. The summed E-state index contributed by atoms with van der Waals surface area (Å²) in [5.74, 6) is 0.951. The number of hydrogen-bond donors (Lipinski definition) is 2. The Labute approximate surface area is 184 Å². The number of nitrogens with two attached hydrogens (primary N) is 1. The first-order valence-electron chi connectivity index (χ1n) is 10.6. The number of piperidine rings is 1. The second kappa shape index (κ2) is 12.4. The molecular weight excluding hydrogens is 402 g/mol. The maximum atomic E-state index is 12.7. The monoisotopic (exact) mass is 433 g/mol. The van der Waals surface area contributed by atoms with Gasteiger partial charge in [-0.1, -0.05) is 36.4 Å². The third-order valence-electron chi connectivity index (χ3n) is 5.40.